The van der Waals surface area contributed by atoms with Gasteiger partial charge in [-0.25, -0.2) is 0 Å². The summed E-state index contributed by atoms with van der Waals surface area (Å²) in [6, 6.07) is 17.8. The standard InChI is InChI=1S/C24H25N3O2/c1-17(2)29-23-12-6-4-10-21(23)26-24(28)19-14-20(16-25-15-19)27-13-7-9-18-8-3-5-11-22(18)27/h3-6,8,10-12,14-17H,7,9,13H2,1-2H3,(H,26,28). The monoisotopic (exact) mass is 387 g/mol. The average Bonchev–Trinajstić information content (AvgIpc) is 2.74. The minimum atomic E-state index is -0.204. The number of carbonyl (C=O) groups excluding carboxylic acids is 1. The molecule has 3 aromatic rings. The molecular formula is C24H25N3O2. The summed E-state index contributed by atoms with van der Waals surface area (Å²) in [7, 11) is 0. The molecule has 29 heavy (non-hydrogen) atoms. The number of hydrogen-bond acceptors (Lipinski definition) is 4. The van der Waals surface area contributed by atoms with Crippen molar-refractivity contribution in [1.29, 1.82) is 0 Å². The molecule has 0 bridgehead atoms. The third-order valence-corrected chi connectivity index (χ3v) is 4.91. The van der Waals surface area contributed by atoms with Crippen LogP contribution in [0.1, 0.15) is 36.2 Å². The first-order chi connectivity index (χ1) is 14.1. The first-order valence-corrected chi connectivity index (χ1v) is 9.99. The molecule has 0 aliphatic carbocycles. The van der Waals surface area contributed by atoms with E-state index < -0.39 is 0 Å². The van der Waals surface area contributed by atoms with E-state index in [0.717, 1.165) is 25.1 Å². The van der Waals surface area contributed by atoms with Gasteiger partial charge in [0.15, 0.2) is 0 Å². The Morgan fingerprint density at radius 2 is 1.90 bits per heavy atom. The van der Waals surface area contributed by atoms with E-state index in [0.29, 0.717) is 17.0 Å². The first-order valence-electron chi connectivity index (χ1n) is 9.99. The molecule has 2 aromatic carbocycles. The lowest BCUT2D eigenvalue weighted by Crippen LogP contribution is -2.25. The Morgan fingerprint density at radius 3 is 2.76 bits per heavy atom. The Balaban J connectivity index is 1.58. The molecular weight excluding hydrogens is 362 g/mol. The van der Waals surface area contributed by atoms with Crippen LogP contribution < -0.4 is 15.0 Å². The van der Waals surface area contributed by atoms with Gasteiger partial charge >= 0.3 is 0 Å². The molecule has 4 rings (SSSR count). The van der Waals surface area contributed by atoms with Crippen LogP contribution >= 0.6 is 0 Å². The van der Waals surface area contributed by atoms with Crippen molar-refractivity contribution in [3.8, 4) is 5.75 Å². The zero-order chi connectivity index (χ0) is 20.2. The summed E-state index contributed by atoms with van der Waals surface area (Å²) in [4.78, 5) is 19.5. The second kappa shape index (κ2) is 8.35. The van der Waals surface area contributed by atoms with E-state index in [1.54, 1.807) is 6.20 Å². The molecule has 0 spiro atoms. The second-order valence-electron chi connectivity index (χ2n) is 7.43. The number of aromatic nitrogens is 1. The van der Waals surface area contributed by atoms with E-state index in [1.165, 1.54) is 11.3 Å². The van der Waals surface area contributed by atoms with Crippen LogP contribution in [0.5, 0.6) is 5.75 Å². The maximum atomic E-state index is 12.9. The predicted octanol–water partition coefficient (Wildman–Crippen LogP) is 5.21. The molecule has 0 saturated carbocycles. The Morgan fingerprint density at radius 1 is 1.10 bits per heavy atom. The van der Waals surface area contributed by atoms with E-state index in [1.807, 2.05) is 56.4 Å². The molecule has 1 aliphatic heterocycles. The summed E-state index contributed by atoms with van der Waals surface area (Å²) in [6.45, 7) is 4.83. The highest BCUT2D eigenvalue weighted by atomic mass is 16.5. The van der Waals surface area contributed by atoms with Crippen molar-refractivity contribution in [3.05, 3.63) is 78.1 Å². The minimum Gasteiger partial charge on any atom is -0.489 e. The van der Waals surface area contributed by atoms with E-state index in [2.05, 4.69) is 33.4 Å². The summed E-state index contributed by atoms with van der Waals surface area (Å²) >= 11 is 0. The summed E-state index contributed by atoms with van der Waals surface area (Å²) in [5.74, 6) is 0.453. The molecule has 1 amide bonds. The normalized spacial score (nSPS) is 13.1. The Bertz CT molecular complexity index is 1020. The third kappa shape index (κ3) is 4.24. The maximum Gasteiger partial charge on any atom is 0.257 e. The Labute approximate surface area is 171 Å². The number of ether oxygens (including phenoxy) is 1. The fourth-order valence-electron chi connectivity index (χ4n) is 3.62. The average molecular weight is 387 g/mol. The molecule has 5 nitrogen and oxygen atoms in total. The smallest absolute Gasteiger partial charge is 0.257 e. The SMILES string of the molecule is CC(C)Oc1ccccc1NC(=O)c1cncc(N2CCCc3ccccc32)c1. The number of fused-ring (bicyclic) bond motifs is 1. The molecule has 1 aromatic heterocycles. The van der Waals surface area contributed by atoms with Crippen molar-refractivity contribution in [2.45, 2.75) is 32.8 Å². The lowest BCUT2D eigenvalue weighted by Gasteiger charge is -2.31. The van der Waals surface area contributed by atoms with E-state index >= 15 is 0 Å². The fourth-order valence-corrected chi connectivity index (χ4v) is 3.62. The number of nitrogens with zero attached hydrogens (tertiary/aromatic N) is 2. The first kappa shape index (κ1) is 19.0. The number of nitrogens with one attached hydrogen (secondary N) is 1. The Kier molecular flexibility index (Phi) is 5.47. The van der Waals surface area contributed by atoms with Crippen molar-refractivity contribution in [2.75, 3.05) is 16.8 Å². The number of carbonyl (C=O) groups is 1. The molecule has 5 heteroatoms. The highest BCUT2D eigenvalue weighted by Crippen LogP contribution is 2.33. The highest BCUT2D eigenvalue weighted by molar-refractivity contribution is 6.05. The van der Waals surface area contributed by atoms with Gasteiger partial charge in [-0.3, -0.25) is 9.78 Å². The van der Waals surface area contributed by atoms with Gasteiger partial charge in [0.05, 0.1) is 29.2 Å². The van der Waals surface area contributed by atoms with E-state index in [4.69, 9.17) is 4.74 Å². The van der Waals surface area contributed by atoms with Crippen LogP contribution in [0.2, 0.25) is 0 Å². The topological polar surface area (TPSA) is 54.5 Å². The van der Waals surface area contributed by atoms with Crippen molar-refractivity contribution in [1.82, 2.24) is 4.98 Å². The second-order valence-corrected chi connectivity index (χ2v) is 7.43. The summed E-state index contributed by atoms with van der Waals surface area (Å²) in [5.41, 5.74) is 4.61. The molecule has 148 valence electrons. The lowest BCUT2D eigenvalue weighted by molar-refractivity contribution is 0.102. The fraction of sp³-hybridized carbons (Fsp3) is 0.250. The third-order valence-electron chi connectivity index (χ3n) is 4.91. The maximum absolute atomic E-state index is 12.9. The van der Waals surface area contributed by atoms with Gasteiger partial charge in [-0.05, 0) is 56.5 Å². The number of hydrogen-bond donors (Lipinski definition) is 1. The number of pyridine rings is 1. The zero-order valence-electron chi connectivity index (χ0n) is 16.8. The van der Waals surface area contributed by atoms with Crippen LogP contribution in [-0.4, -0.2) is 23.5 Å². The molecule has 1 aliphatic rings. The molecule has 0 fully saturated rings. The number of rotatable bonds is 5. The minimum absolute atomic E-state index is 0.0252. The van der Waals surface area contributed by atoms with Crippen LogP contribution in [0.25, 0.3) is 0 Å². The quantitative estimate of drug-likeness (QED) is 0.653. The lowest BCUT2D eigenvalue weighted by atomic mass is 10.0. The molecule has 0 unspecified atom stereocenters. The number of amides is 1. The highest BCUT2D eigenvalue weighted by Gasteiger charge is 2.19. The molecule has 1 N–H and O–H groups in total. The molecule has 0 saturated heterocycles. The number of anilines is 3. The number of benzene rings is 2. The van der Waals surface area contributed by atoms with Gasteiger partial charge in [0.1, 0.15) is 5.75 Å². The van der Waals surface area contributed by atoms with Crippen LogP contribution in [0.15, 0.2) is 67.0 Å². The Hall–Kier alpha value is -3.34. The zero-order valence-corrected chi connectivity index (χ0v) is 16.8. The molecule has 0 atom stereocenters. The van der Waals surface area contributed by atoms with Crippen molar-refractivity contribution in [3.63, 3.8) is 0 Å². The molecule has 0 radical (unpaired) electrons. The summed E-state index contributed by atoms with van der Waals surface area (Å²) < 4.78 is 5.80. The number of para-hydroxylation sites is 3. The summed E-state index contributed by atoms with van der Waals surface area (Å²) in [5, 5.41) is 2.96. The van der Waals surface area contributed by atoms with Gasteiger partial charge in [-0.1, -0.05) is 30.3 Å². The number of aryl methyl sites for hydroxylation is 1. The van der Waals surface area contributed by atoms with Gasteiger partial charge in [0.2, 0.25) is 0 Å². The van der Waals surface area contributed by atoms with Crippen LogP contribution in [-0.2, 0) is 6.42 Å². The van der Waals surface area contributed by atoms with Gasteiger partial charge in [-0.15, -0.1) is 0 Å². The van der Waals surface area contributed by atoms with Crippen molar-refractivity contribution in [2.24, 2.45) is 0 Å². The molecule has 2 heterocycles. The van der Waals surface area contributed by atoms with Crippen LogP contribution in [0.3, 0.4) is 0 Å². The van der Waals surface area contributed by atoms with E-state index in [9.17, 15) is 4.79 Å². The largest absolute Gasteiger partial charge is 0.489 e. The predicted molar refractivity (Wildman–Crippen MR) is 116 cm³/mol. The van der Waals surface area contributed by atoms with Crippen molar-refractivity contribution < 1.29 is 9.53 Å². The van der Waals surface area contributed by atoms with Crippen molar-refractivity contribution >= 4 is 23.0 Å². The van der Waals surface area contributed by atoms with Gasteiger partial charge < -0.3 is 15.0 Å². The van der Waals surface area contributed by atoms with Crippen LogP contribution in [0.4, 0.5) is 17.1 Å². The van der Waals surface area contributed by atoms with E-state index in [-0.39, 0.29) is 12.0 Å². The van der Waals surface area contributed by atoms with Gasteiger partial charge in [-0.2, -0.15) is 0 Å². The van der Waals surface area contributed by atoms with Crippen LogP contribution in [0, 0.1) is 0 Å². The van der Waals surface area contributed by atoms with Gasteiger partial charge in [0.25, 0.3) is 5.91 Å². The van der Waals surface area contributed by atoms with Gasteiger partial charge in [0, 0.05) is 18.4 Å². The summed E-state index contributed by atoms with van der Waals surface area (Å²) in [6.07, 6.45) is 5.59.